The van der Waals surface area contributed by atoms with Crippen molar-refractivity contribution in [1.29, 1.82) is 0 Å². The van der Waals surface area contributed by atoms with Crippen LogP contribution in [0.15, 0.2) is 48.6 Å². The minimum Gasteiger partial charge on any atom is -0.394 e. The maximum absolute atomic E-state index is 12.2. The Hall–Kier alpha value is -1.65. The Kier molecular flexibility index (Phi) is 28.6. The van der Waals surface area contributed by atoms with Gasteiger partial charge < -0.3 is 15.5 Å². The molecule has 0 radical (unpaired) electrons. The molecule has 0 aromatic carbocycles. The molecule has 0 saturated carbocycles. The van der Waals surface area contributed by atoms with Crippen LogP contribution in [-0.4, -0.2) is 34.9 Å². The first kappa shape index (κ1) is 36.4. The number of aliphatic hydroxyl groups is 2. The van der Waals surface area contributed by atoms with Crippen molar-refractivity contribution in [2.75, 3.05) is 6.61 Å². The molecule has 38 heavy (non-hydrogen) atoms. The number of hydrogen-bond donors (Lipinski definition) is 3. The quantitative estimate of drug-likeness (QED) is 0.0732. The Bertz CT molecular complexity index is 623. The van der Waals surface area contributed by atoms with Gasteiger partial charge in [-0.3, -0.25) is 4.79 Å². The minimum atomic E-state index is -0.873. The van der Waals surface area contributed by atoms with Crippen LogP contribution in [0.5, 0.6) is 0 Å². The highest BCUT2D eigenvalue weighted by Gasteiger charge is 2.17. The van der Waals surface area contributed by atoms with Gasteiger partial charge in [-0.15, -0.1) is 0 Å². The first-order valence-corrected chi connectivity index (χ1v) is 15.9. The number of nitrogens with one attached hydrogen (secondary N) is 1. The molecule has 2 unspecified atom stereocenters. The van der Waals surface area contributed by atoms with Gasteiger partial charge in [0.1, 0.15) is 0 Å². The maximum atomic E-state index is 12.2. The molecule has 1 amide bonds. The summed E-state index contributed by atoms with van der Waals surface area (Å²) in [6.07, 6.45) is 38.9. The van der Waals surface area contributed by atoms with Crippen molar-refractivity contribution in [3.63, 3.8) is 0 Å². The van der Waals surface area contributed by atoms with Crippen LogP contribution in [-0.2, 0) is 4.79 Å². The monoisotopic (exact) mass is 531 g/mol. The van der Waals surface area contributed by atoms with E-state index in [0.717, 1.165) is 51.4 Å². The fraction of sp³-hybridized carbons (Fsp3) is 0.735. The Labute approximate surface area is 235 Å². The van der Waals surface area contributed by atoms with E-state index in [0.29, 0.717) is 6.42 Å². The molecular formula is C34H61NO3. The summed E-state index contributed by atoms with van der Waals surface area (Å²) in [5.74, 6) is -0.0996. The summed E-state index contributed by atoms with van der Waals surface area (Å²) in [6, 6.07) is -0.650. The largest absolute Gasteiger partial charge is 0.394 e. The van der Waals surface area contributed by atoms with E-state index in [1.165, 1.54) is 70.6 Å². The van der Waals surface area contributed by atoms with Crippen molar-refractivity contribution >= 4 is 5.91 Å². The van der Waals surface area contributed by atoms with Crippen LogP contribution < -0.4 is 5.32 Å². The van der Waals surface area contributed by atoms with E-state index in [2.05, 4.69) is 55.6 Å². The average molecular weight is 532 g/mol. The minimum absolute atomic E-state index is 0.0996. The third-order valence-electron chi connectivity index (χ3n) is 6.76. The van der Waals surface area contributed by atoms with Crippen molar-refractivity contribution in [3.8, 4) is 0 Å². The molecule has 0 rings (SSSR count). The van der Waals surface area contributed by atoms with Gasteiger partial charge in [0.2, 0.25) is 5.91 Å². The lowest BCUT2D eigenvalue weighted by molar-refractivity contribution is -0.123. The van der Waals surface area contributed by atoms with Crippen molar-refractivity contribution in [2.45, 2.75) is 154 Å². The first-order chi connectivity index (χ1) is 18.7. The number of allylic oxidation sites excluding steroid dienone is 7. The van der Waals surface area contributed by atoms with Crippen molar-refractivity contribution in [1.82, 2.24) is 5.32 Å². The van der Waals surface area contributed by atoms with Crippen LogP contribution in [0.25, 0.3) is 0 Å². The van der Waals surface area contributed by atoms with Gasteiger partial charge in [-0.1, -0.05) is 114 Å². The molecule has 0 aromatic heterocycles. The summed E-state index contributed by atoms with van der Waals surface area (Å²) < 4.78 is 0. The zero-order chi connectivity index (χ0) is 27.9. The molecule has 4 nitrogen and oxygen atoms in total. The molecule has 3 N–H and O–H groups in total. The third-order valence-corrected chi connectivity index (χ3v) is 6.76. The van der Waals surface area contributed by atoms with Gasteiger partial charge >= 0.3 is 0 Å². The van der Waals surface area contributed by atoms with Crippen molar-refractivity contribution < 1.29 is 15.0 Å². The fourth-order valence-electron chi connectivity index (χ4n) is 4.26. The van der Waals surface area contributed by atoms with E-state index < -0.39 is 12.1 Å². The zero-order valence-corrected chi connectivity index (χ0v) is 24.9. The van der Waals surface area contributed by atoms with Crippen LogP contribution in [0.2, 0.25) is 0 Å². The van der Waals surface area contributed by atoms with Crippen LogP contribution in [0.4, 0.5) is 0 Å². The summed E-state index contributed by atoms with van der Waals surface area (Å²) in [6.45, 7) is 4.21. The fourth-order valence-corrected chi connectivity index (χ4v) is 4.26. The van der Waals surface area contributed by atoms with Gasteiger partial charge in [-0.2, -0.15) is 0 Å². The van der Waals surface area contributed by atoms with E-state index in [-0.39, 0.29) is 12.5 Å². The highest BCUT2D eigenvalue weighted by Crippen LogP contribution is 2.09. The number of unbranched alkanes of at least 4 members (excludes halogenated alkanes) is 14. The molecule has 4 heteroatoms. The van der Waals surface area contributed by atoms with E-state index >= 15 is 0 Å². The van der Waals surface area contributed by atoms with Gasteiger partial charge in [-0.05, 0) is 70.6 Å². The van der Waals surface area contributed by atoms with Gasteiger partial charge in [0.05, 0.1) is 18.8 Å². The number of carbonyl (C=O) groups is 1. The molecule has 0 aromatic rings. The number of carbonyl (C=O) groups excluding carboxylic acids is 1. The lowest BCUT2D eigenvalue weighted by atomic mass is 10.1. The highest BCUT2D eigenvalue weighted by molar-refractivity contribution is 5.76. The Morgan fingerprint density at radius 1 is 0.605 bits per heavy atom. The van der Waals surface area contributed by atoms with E-state index in [4.69, 9.17) is 0 Å². The van der Waals surface area contributed by atoms with Crippen LogP contribution in [0, 0.1) is 0 Å². The maximum Gasteiger partial charge on any atom is 0.220 e. The standard InChI is InChI=1S/C34H61NO3/c1-3-5-7-9-11-13-15-17-19-21-23-25-27-29-33(37)32(31-36)35-34(38)30-28-26-24-22-20-18-16-14-12-10-8-6-4-2/h11,13,18-21,27,29,32-33,36-37H,3-10,12,14-17,22-26,28,30-31H2,1-2H3,(H,35,38)/b13-11+,20-18-,21-19+,29-27+. The normalized spacial score (nSPS) is 13.9. The molecule has 0 saturated heterocycles. The predicted octanol–water partition coefficient (Wildman–Crippen LogP) is 8.89. The highest BCUT2D eigenvalue weighted by atomic mass is 16.3. The molecule has 2 atom stereocenters. The molecule has 0 aliphatic carbocycles. The summed E-state index contributed by atoms with van der Waals surface area (Å²) in [7, 11) is 0. The summed E-state index contributed by atoms with van der Waals surface area (Å²) in [5.41, 5.74) is 0. The molecule has 0 aliphatic heterocycles. The predicted molar refractivity (Wildman–Crippen MR) is 165 cm³/mol. The van der Waals surface area contributed by atoms with Crippen LogP contribution >= 0.6 is 0 Å². The third kappa shape index (κ3) is 26.0. The molecule has 0 bridgehead atoms. The molecular weight excluding hydrogens is 470 g/mol. The molecule has 0 fully saturated rings. The zero-order valence-electron chi connectivity index (χ0n) is 24.9. The lowest BCUT2D eigenvalue weighted by Crippen LogP contribution is -2.45. The van der Waals surface area contributed by atoms with E-state index in [1.807, 2.05) is 6.08 Å². The topological polar surface area (TPSA) is 69.6 Å². The summed E-state index contributed by atoms with van der Waals surface area (Å²) in [5, 5.41) is 22.7. The molecule has 220 valence electrons. The van der Waals surface area contributed by atoms with Gasteiger partial charge in [0.25, 0.3) is 0 Å². The molecule has 0 aliphatic rings. The SMILES string of the molecule is CCCCC/C=C/CC/C=C/CC/C=C/C(O)C(CO)NC(=O)CCCCC/C=C\CCCCCCCC. The lowest BCUT2D eigenvalue weighted by Gasteiger charge is -2.19. The van der Waals surface area contributed by atoms with Gasteiger partial charge in [0.15, 0.2) is 0 Å². The second-order valence-electron chi connectivity index (χ2n) is 10.5. The Morgan fingerprint density at radius 3 is 1.58 bits per heavy atom. The smallest absolute Gasteiger partial charge is 0.220 e. The van der Waals surface area contributed by atoms with Crippen LogP contribution in [0.1, 0.15) is 142 Å². The molecule has 0 heterocycles. The Balaban J connectivity index is 3.80. The Morgan fingerprint density at radius 2 is 1.03 bits per heavy atom. The number of hydrogen-bond acceptors (Lipinski definition) is 3. The van der Waals surface area contributed by atoms with E-state index in [1.54, 1.807) is 6.08 Å². The van der Waals surface area contributed by atoms with E-state index in [9.17, 15) is 15.0 Å². The molecule has 0 spiro atoms. The second-order valence-corrected chi connectivity index (χ2v) is 10.5. The van der Waals surface area contributed by atoms with Crippen molar-refractivity contribution in [2.24, 2.45) is 0 Å². The summed E-state index contributed by atoms with van der Waals surface area (Å²) in [4.78, 5) is 12.2. The van der Waals surface area contributed by atoms with Crippen molar-refractivity contribution in [3.05, 3.63) is 48.6 Å². The first-order valence-electron chi connectivity index (χ1n) is 15.9. The number of amides is 1. The van der Waals surface area contributed by atoms with Gasteiger partial charge in [0, 0.05) is 6.42 Å². The number of rotatable bonds is 27. The van der Waals surface area contributed by atoms with Crippen LogP contribution in [0.3, 0.4) is 0 Å². The number of aliphatic hydroxyl groups excluding tert-OH is 2. The average Bonchev–Trinajstić information content (AvgIpc) is 2.92. The summed E-state index contributed by atoms with van der Waals surface area (Å²) >= 11 is 0. The second kappa shape index (κ2) is 29.9. The van der Waals surface area contributed by atoms with Gasteiger partial charge in [-0.25, -0.2) is 0 Å².